The largest absolute Gasteiger partial charge is 0.497 e. The van der Waals surface area contributed by atoms with Crippen LogP contribution in [-0.2, 0) is 0 Å². The zero-order valence-electron chi connectivity index (χ0n) is 11.6. The molecule has 0 unspecified atom stereocenters. The first-order valence-corrected chi connectivity index (χ1v) is 5.84. The number of nitrogens with zero attached hydrogens (tertiary/aromatic N) is 1. The molecule has 0 spiro atoms. The molecule has 0 bridgehead atoms. The van der Waals surface area contributed by atoms with E-state index in [0.717, 1.165) is 0 Å². The number of hydrogen-bond acceptors (Lipinski definition) is 4. The third-order valence-electron chi connectivity index (χ3n) is 2.61. The van der Waals surface area contributed by atoms with Crippen molar-refractivity contribution < 1.29 is 14.3 Å². The van der Waals surface area contributed by atoms with E-state index >= 15 is 0 Å². The third-order valence-corrected chi connectivity index (χ3v) is 2.61. The topological polar surface area (TPSA) is 71.3 Å². The first-order valence-electron chi connectivity index (χ1n) is 5.84. The smallest absolute Gasteiger partial charge is 0.251 e. The van der Waals surface area contributed by atoms with Gasteiger partial charge in [0.2, 0.25) is 0 Å². The van der Waals surface area contributed by atoms with Gasteiger partial charge in [-0.05, 0) is 26.0 Å². The van der Waals surface area contributed by atoms with Gasteiger partial charge in [0.15, 0.2) is 0 Å². The Bertz CT molecular complexity index is 482. The van der Waals surface area contributed by atoms with Crippen LogP contribution in [0.2, 0.25) is 0 Å². The molecule has 0 saturated carbocycles. The van der Waals surface area contributed by atoms with Gasteiger partial charge >= 0.3 is 0 Å². The molecular formula is C14H18N2O3. The second-order valence-corrected chi connectivity index (χ2v) is 4.78. The van der Waals surface area contributed by atoms with E-state index in [1.165, 1.54) is 14.2 Å². The highest BCUT2D eigenvalue weighted by Gasteiger charge is 2.18. The van der Waals surface area contributed by atoms with E-state index < -0.39 is 5.41 Å². The maximum absolute atomic E-state index is 12.0. The Labute approximate surface area is 113 Å². The molecule has 0 aliphatic carbocycles. The highest BCUT2D eigenvalue weighted by atomic mass is 16.5. The molecule has 1 aromatic rings. The normalized spacial score (nSPS) is 10.5. The number of carbonyl (C=O) groups excluding carboxylic acids is 1. The molecule has 0 aromatic heterocycles. The molecule has 102 valence electrons. The Balaban J connectivity index is 2.85. The Hall–Kier alpha value is -2.22. The monoisotopic (exact) mass is 262 g/mol. The van der Waals surface area contributed by atoms with Gasteiger partial charge in [-0.25, -0.2) is 0 Å². The van der Waals surface area contributed by atoms with Gasteiger partial charge < -0.3 is 14.8 Å². The molecule has 0 aliphatic heterocycles. The fourth-order valence-electron chi connectivity index (χ4n) is 1.38. The summed E-state index contributed by atoms with van der Waals surface area (Å²) in [5, 5.41) is 11.6. The van der Waals surface area contributed by atoms with Gasteiger partial charge in [-0.2, -0.15) is 5.26 Å². The molecule has 5 nitrogen and oxygen atoms in total. The highest BCUT2D eigenvalue weighted by Crippen LogP contribution is 2.22. The first kappa shape index (κ1) is 14.8. The number of carbonyl (C=O) groups is 1. The summed E-state index contributed by atoms with van der Waals surface area (Å²) in [7, 11) is 3.05. The van der Waals surface area contributed by atoms with E-state index in [2.05, 4.69) is 11.4 Å². The van der Waals surface area contributed by atoms with Gasteiger partial charge in [0, 0.05) is 18.2 Å². The molecule has 1 N–H and O–H groups in total. The lowest BCUT2D eigenvalue weighted by molar-refractivity contribution is 0.0943. The summed E-state index contributed by atoms with van der Waals surface area (Å²) in [5.41, 5.74) is -0.163. The minimum atomic E-state index is -0.599. The van der Waals surface area contributed by atoms with Crippen LogP contribution in [0.4, 0.5) is 0 Å². The summed E-state index contributed by atoms with van der Waals surface area (Å²) in [4.78, 5) is 12.0. The van der Waals surface area contributed by atoms with Crippen LogP contribution in [0.5, 0.6) is 11.5 Å². The molecule has 0 atom stereocenters. The summed E-state index contributed by atoms with van der Waals surface area (Å²) >= 11 is 0. The first-order chi connectivity index (χ1) is 8.91. The van der Waals surface area contributed by atoms with Crippen molar-refractivity contribution in [3.8, 4) is 17.6 Å². The van der Waals surface area contributed by atoms with Crippen molar-refractivity contribution in [2.24, 2.45) is 5.41 Å². The Morgan fingerprint density at radius 3 is 2.21 bits per heavy atom. The molecule has 5 heteroatoms. The SMILES string of the molecule is COc1cc(OC)cc(C(=O)NCC(C)(C)C#N)c1. The number of ether oxygens (including phenoxy) is 2. The summed E-state index contributed by atoms with van der Waals surface area (Å²) in [6.45, 7) is 3.81. The fraction of sp³-hybridized carbons (Fsp3) is 0.429. The lowest BCUT2D eigenvalue weighted by atomic mass is 9.96. The molecule has 19 heavy (non-hydrogen) atoms. The average molecular weight is 262 g/mol. The van der Waals surface area contributed by atoms with Crippen molar-refractivity contribution in [1.29, 1.82) is 5.26 Å². The second kappa shape index (κ2) is 6.10. The van der Waals surface area contributed by atoms with Crippen molar-refractivity contribution in [3.63, 3.8) is 0 Å². The quantitative estimate of drug-likeness (QED) is 0.880. The van der Waals surface area contributed by atoms with Crippen LogP contribution < -0.4 is 14.8 Å². The second-order valence-electron chi connectivity index (χ2n) is 4.78. The zero-order chi connectivity index (χ0) is 14.5. The van der Waals surface area contributed by atoms with Crippen LogP contribution in [0.3, 0.4) is 0 Å². The fourth-order valence-corrected chi connectivity index (χ4v) is 1.38. The van der Waals surface area contributed by atoms with Crippen molar-refractivity contribution >= 4 is 5.91 Å². The lowest BCUT2D eigenvalue weighted by Crippen LogP contribution is -2.33. The number of amides is 1. The van der Waals surface area contributed by atoms with Crippen LogP contribution >= 0.6 is 0 Å². The van der Waals surface area contributed by atoms with Gasteiger partial charge in [0.05, 0.1) is 25.7 Å². The molecule has 0 radical (unpaired) electrons. The van der Waals surface area contributed by atoms with E-state index in [1.807, 2.05) is 0 Å². The van der Waals surface area contributed by atoms with Crippen LogP contribution in [0, 0.1) is 16.7 Å². The van der Waals surface area contributed by atoms with Crippen molar-refractivity contribution in [3.05, 3.63) is 23.8 Å². The number of nitrogens with one attached hydrogen (secondary N) is 1. The van der Waals surface area contributed by atoms with Gasteiger partial charge in [-0.1, -0.05) is 0 Å². The van der Waals surface area contributed by atoms with Crippen molar-refractivity contribution in [2.75, 3.05) is 20.8 Å². The Morgan fingerprint density at radius 1 is 1.26 bits per heavy atom. The molecule has 0 saturated heterocycles. The molecule has 0 aliphatic rings. The predicted molar refractivity (Wildman–Crippen MR) is 71.3 cm³/mol. The molecule has 1 amide bonds. The van der Waals surface area contributed by atoms with Crippen LogP contribution in [0.15, 0.2) is 18.2 Å². The van der Waals surface area contributed by atoms with Gasteiger partial charge in [0.1, 0.15) is 11.5 Å². The number of methoxy groups -OCH3 is 2. The molecule has 0 heterocycles. The molecule has 1 rings (SSSR count). The molecular weight excluding hydrogens is 244 g/mol. The Kier molecular flexibility index (Phi) is 4.76. The summed E-state index contributed by atoms with van der Waals surface area (Å²) in [5.74, 6) is 0.827. The van der Waals surface area contributed by atoms with E-state index in [-0.39, 0.29) is 12.5 Å². The van der Waals surface area contributed by atoms with Crippen LogP contribution in [0.25, 0.3) is 0 Å². The van der Waals surface area contributed by atoms with Crippen LogP contribution in [0.1, 0.15) is 24.2 Å². The maximum atomic E-state index is 12.0. The number of nitriles is 1. The van der Waals surface area contributed by atoms with E-state index in [1.54, 1.807) is 32.0 Å². The minimum Gasteiger partial charge on any atom is -0.497 e. The predicted octanol–water partition coefficient (Wildman–Crippen LogP) is 1.98. The standard InChI is InChI=1S/C14H18N2O3/c1-14(2,8-15)9-16-13(17)10-5-11(18-3)7-12(6-10)19-4/h5-7H,9H2,1-4H3,(H,16,17). The average Bonchev–Trinajstić information content (AvgIpc) is 2.44. The van der Waals surface area contributed by atoms with Gasteiger partial charge in [-0.3, -0.25) is 4.79 Å². The summed E-state index contributed by atoms with van der Waals surface area (Å²) in [6.07, 6.45) is 0. The van der Waals surface area contributed by atoms with Gasteiger partial charge in [0.25, 0.3) is 5.91 Å². The van der Waals surface area contributed by atoms with E-state index in [9.17, 15) is 4.79 Å². The summed E-state index contributed by atoms with van der Waals surface area (Å²) < 4.78 is 10.2. The zero-order valence-corrected chi connectivity index (χ0v) is 11.6. The van der Waals surface area contributed by atoms with E-state index in [0.29, 0.717) is 17.1 Å². The number of benzene rings is 1. The lowest BCUT2D eigenvalue weighted by Gasteiger charge is -2.16. The maximum Gasteiger partial charge on any atom is 0.251 e. The third kappa shape index (κ3) is 4.18. The number of rotatable bonds is 5. The minimum absolute atomic E-state index is 0.263. The molecule has 1 aromatic carbocycles. The van der Waals surface area contributed by atoms with E-state index in [4.69, 9.17) is 14.7 Å². The Morgan fingerprint density at radius 2 is 1.79 bits per heavy atom. The van der Waals surface area contributed by atoms with Crippen molar-refractivity contribution in [2.45, 2.75) is 13.8 Å². The number of hydrogen-bond donors (Lipinski definition) is 1. The highest BCUT2D eigenvalue weighted by molar-refractivity contribution is 5.95. The van der Waals surface area contributed by atoms with Crippen LogP contribution in [-0.4, -0.2) is 26.7 Å². The van der Waals surface area contributed by atoms with Crippen molar-refractivity contribution in [1.82, 2.24) is 5.32 Å². The van der Waals surface area contributed by atoms with Gasteiger partial charge in [-0.15, -0.1) is 0 Å². The summed E-state index contributed by atoms with van der Waals surface area (Å²) in [6, 6.07) is 7.06. The molecule has 0 fully saturated rings.